The lowest BCUT2D eigenvalue weighted by Crippen LogP contribution is -1.91. The molecule has 0 unspecified atom stereocenters. The van der Waals surface area contributed by atoms with Crippen LogP contribution < -0.4 is 0 Å². The minimum Gasteiger partial charge on any atom is -0.206 e. The molecule has 4 heteroatoms. The zero-order valence-corrected chi connectivity index (χ0v) is 16.2. The Hall–Kier alpha value is -3.40. The Balaban J connectivity index is 1.66. The Kier molecular flexibility index (Phi) is 5.40. The number of halogens is 4. The molecule has 0 radical (unpaired) electrons. The van der Waals surface area contributed by atoms with Crippen molar-refractivity contribution < 1.29 is 17.6 Å². The van der Waals surface area contributed by atoms with Crippen molar-refractivity contribution in [3.8, 4) is 33.4 Å². The van der Waals surface area contributed by atoms with E-state index in [1.165, 1.54) is 29.8 Å². The topological polar surface area (TPSA) is 0 Å². The van der Waals surface area contributed by atoms with Crippen LogP contribution in [-0.2, 0) is 6.42 Å². The van der Waals surface area contributed by atoms with E-state index in [4.69, 9.17) is 0 Å². The van der Waals surface area contributed by atoms with Crippen LogP contribution in [0, 0.1) is 23.3 Å². The number of hydrogen-bond donors (Lipinski definition) is 0. The summed E-state index contributed by atoms with van der Waals surface area (Å²) in [6, 6.07) is 20.1. The molecule has 0 bridgehead atoms. The van der Waals surface area contributed by atoms with Gasteiger partial charge in [-0.15, -0.1) is 0 Å². The highest BCUT2D eigenvalue weighted by atomic mass is 19.2. The third-order valence-electron chi connectivity index (χ3n) is 5.18. The maximum Gasteiger partial charge on any atom is 0.159 e. The molecule has 150 valence electrons. The van der Waals surface area contributed by atoms with Crippen molar-refractivity contribution in [3.05, 3.63) is 108 Å². The zero-order valence-electron chi connectivity index (χ0n) is 16.2. The van der Waals surface area contributed by atoms with Crippen molar-refractivity contribution in [2.75, 3.05) is 0 Å². The van der Waals surface area contributed by atoms with Gasteiger partial charge in [0.05, 0.1) is 0 Å². The second-order valence-electron chi connectivity index (χ2n) is 7.07. The van der Waals surface area contributed by atoms with Crippen LogP contribution in [0.2, 0.25) is 0 Å². The number of benzene rings is 4. The smallest absolute Gasteiger partial charge is 0.159 e. The lowest BCUT2D eigenvalue weighted by Gasteiger charge is -2.10. The summed E-state index contributed by atoms with van der Waals surface area (Å²) in [4.78, 5) is 0. The van der Waals surface area contributed by atoms with Crippen molar-refractivity contribution in [2.24, 2.45) is 0 Å². The fraction of sp³-hybridized carbons (Fsp3) is 0.0769. The molecule has 0 nitrogen and oxygen atoms in total. The van der Waals surface area contributed by atoms with Gasteiger partial charge in [-0.3, -0.25) is 0 Å². The van der Waals surface area contributed by atoms with Crippen LogP contribution in [0.5, 0.6) is 0 Å². The van der Waals surface area contributed by atoms with Crippen LogP contribution in [0.25, 0.3) is 33.4 Å². The van der Waals surface area contributed by atoms with Gasteiger partial charge in [0, 0.05) is 11.1 Å². The zero-order chi connectivity index (χ0) is 21.3. The molecule has 30 heavy (non-hydrogen) atoms. The van der Waals surface area contributed by atoms with E-state index in [0.717, 1.165) is 29.7 Å². The van der Waals surface area contributed by atoms with E-state index in [-0.39, 0.29) is 16.7 Å². The van der Waals surface area contributed by atoms with Gasteiger partial charge in [0.25, 0.3) is 0 Å². The molecule has 0 amide bonds. The summed E-state index contributed by atoms with van der Waals surface area (Å²) in [6.45, 7) is 2.07. The van der Waals surface area contributed by atoms with E-state index in [1.54, 1.807) is 18.2 Å². The first kappa shape index (κ1) is 19.9. The van der Waals surface area contributed by atoms with Gasteiger partial charge in [0.15, 0.2) is 11.6 Å². The monoisotopic (exact) mass is 406 g/mol. The third-order valence-corrected chi connectivity index (χ3v) is 5.18. The Morgan fingerprint density at radius 3 is 1.47 bits per heavy atom. The summed E-state index contributed by atoms with van der Waals surface area (Å²) >= 11 is 0. The lowest BCUT2D eigenvalue weighted by molar-refractivity contribution is 0.509. The molecule has 0 fully saturated rings. The molecule has 4 aromatic rings. The van der Waals surface area contributed by atoms with Crippen molar-refractivity contribution >= 4 is 0 Å². The molecule has 0 atom stereocenters. The van der Waals surface area contributed by atoms with Crippen LogP contribution >= 0.6 is 0 Å². The summed E-state index contributed by atoms with van der Waals surface area (Å²) in [6.07, 6.45) is 0.930. The molecule has 4 rings (SSSR count). The second-order valence-corrected chi connectivity index (χ2v) is 7.07. The van der Waals surface area contributed by atoms with Gasteiger partial charge in [-0.2, -0.15) is 0 Å². The first-order valence-electron chi connectivity index (χ1n) is 9.60. The lowest BCUT2D eigenvalue weighted by atomic mass is 9.96. The Bertz CT molecular complexity index is 1210. The summed E-state index contributed by atoms with van der Waals surface area (Å²) in [5.74, 6) is -3.16. The Labute approximate surface area is 172 Å². The van der Waals surface area contributed by atoms with E-state index in [1.807, 2.05) is 24.3 Å². The first-order valence-corrected chi connectivity index (χ1v) is 9.60. The molecule has 0 N–H and O–H groups in total. The van der Waals surface area contributed by atoms with Gasteiger partial charge in [-0.1, -0.05) is 61.5 Å². The molecule has 0 aliphatic heterocycles. The average Bonchev–Trinajstić information content (AvgIpc) is 2.76. The molecular formula is C26H18F4. The molecule has 0 saturated carbocycles. The molecule has 0 aliphatic rings. The third kappa shape index (κ3) is 3.86. The van der Waals surface area contributed by atoms with Crippen molar-refractivity contribution in [1.29, 1.82) is 0 Å². The number of aryl methyl sites for hydroxylation is 1. The minimum atomic E-state index is -1.05. The molecule has 4 aromatic carbocycles. The summed E-state index contributed by atoms with van der Waals surface area (Å²) in [5, 5.41) is 0. The SMILES string of the molecule is CCc1ccc(-c2ccc(-c3ccc(-c4ccc(F)c(F)c4)c(F)c3)c(F)c2)cc1. The van der Waals surface area contributed by atoms with E-state index in [2.05, 4.69) is 6.92 Å². The molecule has 0 aliphatic carbocycles. The van der Waals surface area contributed by atoms with Crippen LogP contribution in [0.1, 0.15) is 12.5 Å². The van der Waals surface area contributed by atoms with E-state index in [9.17, 15) is 17.6 Å². The van der Waals surface area contributed by atoms with Crippen LogP contribution in [0.15, 0.2) is 78.9 Å². The van der Waals surface area contributed by atoms with Crippen molar-refractivity contribution in [2.45, 2.75) is 13.3 Å². The Morgan fingerprint density at radius 1 is 0.467 bits per heavy atom. The number of hydrogen-bond acceptors (Lipinski definition) is 0. The van der Waals surface area contributed by atoms with Gasteiger partial charge < -0.3 is 0 Å². The van der Waals surface area contributed by atoms with Crippen LogP contribution in [-0.4, -0.2) is 0 Å². The largest absolute Gasteiger partial charge is 0.206 e. The molecule has 0 spiro atoms. The second kappa shape index (κ2) is 8.15. The molecule has 0 saturated heterocycles. The van der Waals surface area contributed by atoms with Gasteiger partial charge in [-0.05, 0) is 58.5 Å². The molecule has 0 heterocycles. The summed E-state index contributed by atoms with van der Waals surface area (Å²) < 4.78 is 56.1. The van der Waals surface area contributed by atoms with Gasteiger partial charge in [-0.25, -0.2) is 17.6 Å². The van der Waals surface area contributed by atoms with Crippen molar-refractivity contribution in [3.63, 3.8) is 0 Å². The maximum atomic E-state index is 14.8. The fourth-order valence-electron chi connectivity index (χ4n) is 3.44. The highest BCUT2D eigenvalue weighted by Crippen LogP contribution is 2.32. The molecular weight excluding hydrogens is 388 g/mol. The highest BCUT2D eigenvalue weighted by molar-refractivity contribution is 5.74. The first-order chi connectivity index (χ1) is 14.5. The fourth-order valence-corrected chi connectivity index (χ4v) is 3.44. The van der Waals surface area contributed by atoms with Crippen LogP contribution in [0.3, 0.4) is 0 Å². The number of rotatable bonds is 4. The quantitative estimate of drug-likeness (QED) is 0.303. The minimum absolute atomic E-state index is 0.116. The maximum absolute atomic E-state index is 14.8. The standard InChI is InChI=1S/C26H18F4/c1-2-16-3-5-17(6-4-16)18-7-10-21(24(28)13-18)19-8-11-22(25(29)14-19)20-9-12-23(27)26(30)15-20/h3-15H,2H2,1H3. The summed E-state index contributed by atoms with van der Waals surface area (Å²) in [7, 11) is 0. The predicted molar refractivity (Wildman–Crippen MR) is 112 cm³/mol. The van der Waals surface area contributed by atoms with Crippen molar-refractivity contribution in [1.82, 2.24) is 0 Å². The normalized spacial score (nSPS) is 11.0. The molecule has 0 aromatic heterocycles. The average molecular weight is 406 g/mol. The van der Waals surface area contributed by atoms with E-state index < -0.39 is 23.3 Å². The Morgan fingerprint density at radius 2 is 0.933 bits per heavy atom. The van der Waals surface area contributed by atoms with Gasteiger partial charge in [0.1, 0.15) is 11.6 Å². The summed E-state index contributed by atoms with van der Waals surface area (Å²) in [5.41, 5.74) is 3.79. The predicted octanol–water partition coefficient (Wildman–Crippen LogP) is 7.81. The van der Waals surface area contributed by atoms with E-state index >= 15 is 0 Å². The van der Waals surface area contributed by atoms with Gasteiger partial charge in [0.2, 0.25) is 0 Å². The highest BCUT2D eigenvalue weighted by Gasteiger charge is 2.13. The van der Waals surface area contributed by atoms with E-state index in [0.29, 0.717) is 5.56 Å². The van der Waals surface area contributed by atoms with Gasteiger partial charge >= 0.3 is 0 Å². The van der Waals surface area contributed by atoms with Crippen LogP contribution in [0.4, 0.5) is 17.6 Å².